The van der Waals surface area contributed by atoms with Crippen LogP contribution in [-0.4, -0.2) is 60.8 Å². The second-order valence-corrected chi connectivity index (χ2v) is 10.9. The van der Waals surface area contributed by atoms with Crippen molar-refractivity contribution < 1.29 is 13.2 Å². The molecule has 2 heterocycles. The summed E-state index contributed by atoms with van der Waals surface area (Å²) >= 11 is 0. The molecule has 0 bridgehead atoms. The third-order valence-corrected chi connectivity index (χ3v) is 8.09. The van der Waals surface area contributed by atoms with Crippen LogP contribution in [0.5, 0.6) is 0 Å². The van der Waals surface area contributed by atoms with Crippen molar-refractivity contribution in [2.45, 2.75) is 44.2 Å². The summed E-state index contributed by atoms with van der Waals surface area (Å²) in [5.41, 5.74) is 3.47. The summed E-state index contributed by atoms with van der Waals surface area (Å²) in [6, 6.07) is 12.9. The molecule has 10 heteroatoms. The Morgan fingerprint density at radius 1 is 1.18 bits per heavy atom. The van der Waals surface area contributed by atoms with Gasteiger partial charge in [0.1, 0.15) is 5.52 Å². The maximum Gasteiger partial charge on any atom is 0.243 e. The van der Waals surface area contributed by atoms with Crippen molar-refractivity contribution >= 4 is 32.7 Å². The minimum absolute atomic E-state index is 0.116. The number of rotatable bonds is 8. The molecule has 1 aromatic heterocycles. The van der Waals surface area contributed by atoms with E-state index in [1.807, 2.05) is 43.3 Å². The Morgan fingerprint density at radius 3 is 2.65 bits per heavy atom. The van der Waals surface area contributed by atoms with E-state index in [4.69, 9.17) is 0 Å². The number of fused-ring (bicyclic) bond motifs is 1. The number of nitrogens with one attached hydrogen (secondary N) is 1. The first-order valence-electron chi connectivity index (χ1n) is 11.7. The van der Waals surface area contributed by atoms with Crippen molar-refractivity contribution in [1.29, 1.82) is 0 Å². The number of carbonyl (C=O) groups excluding carboxylic acids is 1. The Kier molecular flexibility index (Phi) is 7.18. The molecule has 1 atom stereocenters. The standard InChI is InChI=1S/C24H32N6O3S/c1-4-13-30-23-12-11-21(15-22(23)26-27-30)34(32,33)29-14-5-6-19(17-29)24(31)25-16-18-7-9-20(10-8-18)28(2)3/h7-12,15,19H,4-6,13-14,16-17H2,1-3H3,(H,25,31)/t19-/m1/s1. The highest BCUT2D eigenvalue weighted by Gasteiger charge is 2.33. The fraction of sp³-hybridized carbons (Fsp3) is 0.458. The minimum atomic E-state index is -3.73. The molecular weight excluding hydrogens is 452 g/mol. The fourth-order valence-electron chi connectivity index (χ4n) is 4.26. The van der Waals surface area contributed by atoms with Gasteiger partial charge in [-0.05, 0) is 55.2 Å². The molecule has 34 heavy (non-hydrogen) atoms. The summed E-state index contributed by atoms with van der Waals surface area (Å²) in [6.07, 6.45) is 2.22. The molecule has 0 radical (unpaired) electrons. The summed E-state index contributed by atoms with van der Waals surface area (Å²) in [7, 11) is 0.228. The zero-order valence-electron chi connectivity index (χ0n) is 19.9. The molecule has 0 spiro atoms. The summed E-state index contributed by atoms with van der Waals surface area (Å²) in [5, 5.41) is 11.2. The number of piperidine rings is 1. The summed E-state index contributed by atoms with van der Waals surface area (Å²) in [5.74, 6) is -0.492. The molecule has 9 nitrogen and oxygen atoms in total. The lowest BCUT2D eigenvalue weighted by molar-refractivity contribution is -0.126. The maximum atomic E-state index is 13.3. The second-order valence-electron chi connectivity index (χ2n) is 8.94. The first-order chi connectivity index (χ1) is 16.3. The number of anilines is 1. The number of nitrogens with zero attached hydrogens (tertiary/aromatic N) is 5. The van der Waals surface area contributed by atoms with Crippen molar-refractivity contribution in [2.75, 3.05) is 32.1 Å². The molecule has 0 saturated carbocycles. The van der Waals surface area contributed by atoms with Crippen molar-refractivity contribution in [2.24, 2.45) is 5.92 Å². The van der Waals surface area contributed by atoms with E-state index in [-0.39, 0.29) is 23.3 Å². The number of hydrogen-bond donors (Lipinski definition) is 1. The first-order valence-corrected chi connectivity index (χ1v) is 13.1. The molecule has 4 rings (SSSR count). The Labute approximate surface area is 200 Å². The molecule has 1 aliphatic rings. The average molecular weight is 485 g/mol. The van der Waals surface area contributed by atoms with Crippen LogP contribution in [0.2, 0.25) is 0 Å². The van der Waals surface area contributed by atoms with E-state index < -0.39 is 10.0 Å². The van der Waals surface area contributed by atoms with Gasteiger partial charge in [-0.25, -0.2) is 13.1 Å². The number of carbonyl (C=O) groups is 1. The van der Waals surface area contributed by atoms with Crippen molar-refractivity contribution in [3.05, 3.63) is 48.0 Å². The number of benzene rings is 2. The number of amides is 1. The third-order valence-electron chi connectivity index (χ3n) is 6.23. The first kappa shape index (κ1) is 24.2. The van der Waals surface area contributed by atoms with Gasteiger partial charge >= 0.3 is 0 Å². The Morgan fingerprint density at radius 2 is 1.94 bits per heavy atom. The van der Waals surface area contributed by atoms with Crippen LogP contribution < -0.4 is 10.2 Å². The minimum Gasteiger partial charge on any atom is -0.378 e. The Hall–Kier alpha value is -2.98. The molecule has 1 amide bonds. The molecule has 3 aromatic rings. The lowest BCUT2D eigenvalue weighted by Crippen LogP contribution is -2.45. The van der Waals surface area contributed by atoms with Crippen molar-refractivity contribution in [3.63, 3.8) is 0 Å². The maximum absolute atomic E-state index is 13.3. The molecular formula is C24H32N6O3S. The van der Waals surface area contributed by atoms with Crippen LogP contribution >= 0.6 is 0 Å². The van der Waals surface area contributed by atoms with E-state index in [0.29, 0.717) is 31.4 Å². The van der Waals surface area contributed by atoms with Gasteiger partial charge in [-0.1, -0.05) is 24.3 Å². The third kappa shape index (κ3) is 5.07. The van der Waals surface area contributed by atoms with Crippen LogP contribution in [0.25, 0.3) is 11.0 Å². The summed E-state index contributed by atoms with van der Waals surface area (Å²) in [4.78, 5) is 15.0. The normalized spacial score (nSPS) is 17.1. The zero-order chi connectivity index (χ0) is 24.3. The van der Waals surface area contributed by atoms with Gasteiger partial charge in [-0.15, -0.1) is 5.10 Å². The number of aryl methyl sites for hydroxylation is 1. The largest absolute Gasteiger partial charge is 0.378 e. The summed E-state index contributed by atoms with van der Waals surface area (Å²) < 4.78 is 29.9. The van der Waals surface area contributed by atoms with E-state index in [2.05, 4.69) is 22.6 Å². The SMILES string of the molecule is CCCn1nnc2cc(S(=O)(=O)N3CCC[C@@H](C(=O)NCc4ccc(N(C)C)cc4)C3)ccc21. The molecule has 1 saturated heterocycles. The van der Waals surface area contributed by atoms with Gasteiger partial charge in [-0.3, -0.25) is 4.79 Å². The van der Waals surface area contributed by atoms with Gasteiger partial charge in [0.25, 0.3) is 0 Å². The smallest absolute Gasteiger partial charge is 0.243 e. The van der Waals surface area contributed by atoms with Crippen LogP contribution in [0, 0.1) is 5.92 Å². The van der Waals surface area contributed by atoms with E-state index >= 15 is 0 Å². The molecule has 1 N–H and O–H groups in total. The monoisotopic (exact) mass is 484 g/mol. The Bertz CT molecular complexity index is 1250. The van der Waals surface area contributed by atoms with Crippen LogP contribution in [0.15, 0.2) is 47.4 Å². The van der Waals surface area contributed by atoms with E-state index in [1.165, 1.54) is 4.31 Å². The van der Waals surface area contributed by atoms with Crippen LogP contribution in [-0.2, 0) is 27.9 Å². The van der Waals surface area contributed by atoms with Crippen molar-refractivity contribution in [1.82, 2.24) is 24.6 Å². The lowest BCUT2D eigenvalue weighted by atomic mass is 9.99. The van der Waals surface area contributed by atoms with Crippen LogP contribution in [0.1, 0.15) is 31.7 Å². The lowest BCUT2D eigenvalue weighted by Gasteiger charge is -2.31. The van der Waals surface area contributed by atoms with Crippen LogP contribution in [0.4, 0.5) is 5.69 Å². The highest BCUT2D eigenvalue weighted by molar-refractivity contribution is 7.89. The average Bonchev–Trinajstić information content (AvgIpc) is 3.25. The number of aromatic nitrogens is 3. The van der Waals surface area contributed by atoms with Gasteiger partial charge in [0.05, 0.1) is 16.3 Å². The van der Waals surface area contributed by atoms with Gasteiger partial charge in [-0.2, -0.15) is 4.31 Å². The Balaban J connectivity index is 1.42. The molecule has 0 unspecified atom stereocenters. The van der Waals surface area contributed by atoms with Gasteiger partial charge in [0, 0.05) is 46.0 Å². The zero-order valence-corrected chi connectivity index (χ0v) is 20.8. The van der Waals surface area contributed by atoms with Crippen LogP contribution in [0.3, 0.4) is 0 Å². The number of sulfonamides is 1. The predicted octanol–water partition coefficient (Wildman–Crippen LogP) is 2.62. The highest BCUT2D eigenvalue weighted by Crippen LogP contribution is 2.26. The summed E-state index contributed by atoms with van der Waals surface area (Å²) in [6.45, 7) is 3.77. The molecule has 182 valence electrons. The fourth-order valence-corrected chi connectivity index (χ4v) is 5.80. The molecule has 2 aromatic carbocycles. The quantitative estimate of drug-likeness (QED) is 0.528. The van der Waals surface area contributed by atoms with E-state index in [0.717, 1.165) is 29.7 Å². The van der Waals surface area contributed by atoms with Gasteiger partial charge in [0.2, 0.25) is 15.9 Å². The molecule has 0 aliphatic carbocycles. The predicted molar refractivity (Wildman–Crippen MR) is 132 cm³/mol. The van der Waals surface area contributed by atoms with E-state index in [9.17, 15) is 13.2 Å². The van der Waals surface area contributed by atoms with Gasteiger partial charge < -0.3 is 10.2 Å². The number of hydrogen-bond acceptors (Lipinski definition) is 6. The van der Waals surface area contributed by atoms with Crippen molar-refractivity contribution in [3.8, 4) is 0 Å². The highest BCUT2D eigenvalue weighted by atomic mass is 32.2. The topological polar surface area (TPSA) is 100 Å². The molecule has 1 fully saturated rings. The molecule has 1 aliphatic heterocycles. The van der Waals surface area contributed by atoms with E-state index in [1.54, 1.807) is 22.9 Å². The second kappa shape index (κ2) is 10.1. The van der Waals surface area contributed by atoms with Gasteiger partial charge in [0.15, 0.2) is 0 Å².